The van der Waals surface area contributed by atoms with Crippen molar-refractivity contribution >= 4 is 34.4 Å². The minimum Gasteiger partial charge on any atom is -0.335 e. The first-order chi connectivity index (χ1) is 8.70. The largest absolute Gasteiger partial charge is 0.335 e. The van der Waals surface area contributed by atoms with Crippen LogP contribution in [0.3, 0.4) is 0 Å². The van der Waals surface area contributed by atoms with Gasteiger partial charge in [0.25, 0.3) is 5.71 Å². The highest BCUT2D eigenvalue weighted by molar-refractivity contribution is 6.18. The Morgan fingerprint density at radius 3 is 3.11 bits per heavy atom. The molecule has 1 aliphatic rings. The van der Waals surface area contributed by atoms with Crippen molar-refractivity contribution in [2.75, 3.05) is 17.3 Å². The van der Waals surface area contributed by atoms with Crippen molar-refractivity contribution in [3.8, 4) is 0 Å². The Bertz CT molecular complexity index is 612. The van der Waals surface area contributed by atoms with Crippen molar-refractivity contribution in [3.63, 3.8) is 0 Å². The number of fused-ring (bicyclic) bond motifs is 1. The van der Waals surface area contributed by atoms with Crippen LogP contribution in [-0.4, -0.2) is 33.5 Å². The molecule has 1 unspecified atom stereocenters. The highest BCUT2D eigenvalue weighted by Crippen LogP contribution is 2.30. The number of halogens is 1. The standard InChI is InChI=1S/C11H11ClN4O2/c1-6-9-10(13-5-14-11(9)18-15-6)16-4-7(3-12)2-8(16)17/h5,7H,2-4H2,1H3. The van der Waals surface area contributed by atoms with Crippen LogP contribution in [0.1, 0.15) is 12.1 Å². The van der Waals surface area contributed by atoms with E-state index in [-0.39, 0.29) is 11.8 Å². The van der Waals surface area contributed by atoms with Gasteiger partial charge in [-0.3, -0.25) is 9.69 Å². The topological polar surface area (TPSA) is 72.1 Å². The average molecular weight is 267 g/mol. The van der Waals surface area contributed by atoms with Gasteiger partial charge in [-0.15, -0.1) is 11.6 Å². The van der Waals surface area contributed by atoms with Crippen LogP contribution in [0.25, 0.3) is 11.1 Å². The number of hydrogen-bond acceptors (Lipinski definition) is 5. The molecule has 0 radical (unpaired) electrons. The first-order valence-electron chi connectivity index (χ1n) is 5.64. The number of carbonyl (C=O) groups excluding carboxylic acids is 1. The normalized spacial score (nSPS) is 20.0. The first kappa shape index (κ1) is 11.4. The Morgan fingerprint density at radius 2 is 2.39 bits per heavy atom. The third-order valence-corrected chi connectivity index (χ3v) is 3.54. The first-order valence-corrected chi connectivity index (χ1v) is 6.17. The Kier molecular flexibility index (Phi) is 2.66. The maximum Gasteiger partial charge on any atom is 0.263 e. The Labute approximate surface area is 108 Å². The van der Waals surface area contributed by atoms with E-state index in [1.165, 1.54) is 6.33 Å². The molecule has 1 fully saturated rings. The van der Waals surface area contributed by atoms with Crippen LogP contribution in [0.2, 0.25) is 0 Å². The molecule has 3 rings (SSSR count). The molecular formula is C11H11ClN4O2. The lowest BCUT2D eigenvalue weighted by Gasteiger charge is -2.15. The van der Waals surface area contributed by atoms with Gasteiger partial charge in [-0.1, -0.05) is 5.16 Å². The molecule has 7 heteroatoms. The molecule has 1 aliphatic heterocycles. The molecule has 1 saturated heterocycles. The zero-order valence-corrected chi connectivity index (χ0v) is 10.5. The number of nitrogens with zero attached hydrogens (tertiary/aromatic N) is 4. The van der Waals surface area contributed by atoms with Crippen LogP contribution in [0, 0.1) is 12.8 Å². The van der Waals surface area contributed by atoms with Gasteiger partial charge in [0.05, 0.1) is 5.69 Å². The molecule has 6 nitrogen and oxygen atoms in total. The quantitative estimate of drug-likeness (QED) is 0.771. The number of aryl methyl sites for hydroxylation is 1. The molecule has 18 heavy (non-hydrogen) atoms. The van der Waals surface area contributed by atoms with E-state index in [1.54, 1.807) is 11.8 Å². The van der Waals surface area contributed by atoms with Gasteiger partial charge in [0.2, 0.25) is 5.91 Å². The molecule has 1 amide bonds. The summed E-state index contributed by atoms with van der Waals surface area (Å²) in [6, 6.07) is 0. The van der Waals surface area contributed by atoms with Crippen LogP contribution in [0.15, 0.2) is 10.9 Å². The molecular weight excluding hydrogens is 256 g/mol. The van der Waals surface area contributed by atoms with Crippen molar-refractivity contribution in [2.45, 2.75) is 13.3 Å². The van der Waals surface area contributed by atoms with Gasteiger partial charge in [0, 0.05) is 18.8 Å². The number of amides is 1. The molecule has 0 bridgehead atoms. The molecule has 3 heterocycles. The van der Waals surface area contributed by atoms with E-state index in [1.807, 2.05) is 0 Å². The van der Waals surface area contributed by atoms with Crippen molar-refractivity contribution in [3.05, 3.63) is 12.0 Å². The third-order valence-electron chi connectivity index (χ3n) is 3.10. The molecule has 0 spiro atoms. The van der Waals surface area contributed by atoms with Gasteiger partial charge in [-0.2, -0.15) is 4.98 Å². The molecule has 0 saturated carbocycles. The van der Waals surface area contributed by atoms with Gasteiger partial charge in [-0.05, 0) is 12.8 Å². The van der Waals surface area contributed by atoms with Crippen LogP contribution in [-0.2, 0) is 4.79 Å². The van der Waals surface area contributed by atoms with Crippen molar-refractivity contribution in [1.29, 1.82) is 0 Å². The number of aromatic nitrogens is 3. The lowest BCUT2D eigenvalue weighted by atomic mass is 10.1. The van der Waals surface area contributed by atoms with Crippen LogP contribution in [0.4, 0.5) is 5.82 Å². The van der Waals surface area contributed by atoms with E-state index in [2.05, 4.69) is 15.1 Å². The Morgan fingerprint density at radius 1 is 1.56 bits per heavy atom. The minimum absolute atomic E-state index is 0.0289. The smallest absolute Gasteiger partial charge is 0.263 e. The predicted octanol–water partition coefficient (Wildman–Crippen LogP) is 1.52. The minimum atomic E-state index is 0.0289. The summed E-state index contributed by atoms with van der Waals surface area (Å²) in [7, 11) is 0. The number of hydrogen-bond donors (Lipinski definition) is 0. The number of rotatable bonds is 2. The van der Waals surface area contributed by atoms with Gasteiger partial charge < -0.3 is 4.52 Å². The second kappa shape index (κ2) is 4.20. The molecule has 2 aromatic heterocycles. The van der Waals surface area contributed by atoms with Crippen molar-refractivity contribution in [2.24, 2.45) is 5.92 Å². The maximum atomic E-state index is 12.0. The van der Waals surface area contributed by atoms with E-state index in [9.17, 15) is 4.79 Å². The SMILES string of the molecule is Cc1noc2ncnc(N3CC(CCl)CC3=O)c12. The highest BCUT2D eigenvalue weighted by atomic mass is 35.5. The van der Waals surface area contributed by atoms with Crippen LogP contribution in [0.5, 0.6) is 0 Å². The van der Waals surface area contributed by atoms with E-state index >= 15 is 0 Å². The summed E-state index contributed by atoms with van der Waals surface area (Å²) < 4.78 is 5.07. The average Bonchev–Trinajstić information content (AvgIpc) is 2.93. The molecule has 1 atom stereocenters. The molecule has 0 N–H and O–H groups in total. The fourth-order valence-corrected chi connectivity index (χ4v) is 2.40. The summed E-state index contributed by atoms with van der Waals surface area (Å²) >= 11 is 5.81. The van der Waals surface area contributed by atoms with Gasteiger partial charge in [0.1, 0.15) is 11.7 Å². The zero-order valence-electron chi connectivity index (χ0n) is 9.76. The molecule has 94 valence electrons. The maximum absolute atomic E-state index is 12.0. The summed E-state index contributed by atoms with van der Waals surface area (Å²) in [4.78, 5) is 21.8. The van der Waals surface area contributed by atoms with Crippen molar-refractivity contribution < 1.29 is 9.32 Å². The second-order valence-electron chi connectivity index (χ2n) is 4.37. The highest BCUT2D eigenvalue weighted by Gasteiger charge is 2.32. The summed E-state index contributed by atoms with van der Waals surface area (Å²) in [6.45, 7) is 2.39. The predicted molar refractivity (Wildman–Crippen MR) is 65.5 cm³/mol. The monoisotopic (exact) mass is 266 g/mol. The molecule has 2 aromatic rings. The Balaban J connectivity index is 2.09. The fourth-order valence-electron chi connectivity index (χ4n) is 2.20. The third kappa shape index (κ3) is 1.64. The summed E-state index contributed by atoms with van der Waals surface area (Å²) in [5, 5.41) is 4.55. The van der Waals surface area contributed by atoms with Gasteiger partial charge in [0.15, 0.2) is 5.82 Å². The fraction of sp³-hybridized carbons (Fsp3) is 0.455. The number of alkyl halides is 1. The number of carbonyl (C=O) groups is 1. The lowest BCUT2D eigenvalue weighted by Crippen LogP contribution is -2.26. The summed E-state index contributed by atoms with van der Waals surface area (Å²) in [5.74, 6) is 1.24. The summed E-state index contributed by atoms with van der Waals surface area (Å²) in [5.41, 5.74) is 1.09. The van der Waals surface area contributed by atoms with Crippen LogP contribution < -0.4 is 4.90 Å². The van der Waals surface area contributed by atoms with Crippen LogP contribution >= 0.6 is 11.6 Å². The molecule has 0 aromatic carbocycles. The van der Waals surface area contributed by atoms with E-state index in [4.69, 9.17) is 16.1 Å². The van der Waals surface area contributed by atoms with Crippen molar-refractivity contribution in [1.82, 2.24) is 15.1 Å². The zero-order chi connectivity index (χ0) is 12.7. The van der Waals surface area contributed by atoms with Gasteiger partial charge >= 0.3 is 0 Å². The molecule has 0 aliphatic carbocycles. The van der Waals surface area contributed by atoms with E-state index in [0.717, 1.165) is 0 Å². The summed E-state index contributed by atoms with van der Waals surface area (Å²) in [6.07, 6.45) is 1.84. The second-order valence-corrected chi connectivity index (χ2v) is 4.68. The van der Waals surface area contributed by atoms with E-state index < -0.39 is 0 Å². The Hall–Kier alpha value is -1.69. The number of anilines is 1. The van der Waals surface area contributed by atoms with Gasteiger partial charge in [-0.25, -0.2) is 4.98 Å². The lowest BCUT2D eigenvalue weighted by molar-refractivity contribution is -0.117. The van der Waals surface area contributed by atoms with E-state index in [0.29, 0.717) is 41.5 Å².